The van der Waals surface area contributed by atoms with Gasteiger partial charge in [-0.15, -0.1) is 10.2 Å². The SMILES string of the molecule is CC1c2nnc(N3CC4(CN(c5cnccn5)C4)C3)n2-c2ccc(Cl)cc2CN1C. The molecule has 1 unspecified atom stereocenters. The monoisotopic (exact) mass is 422 g/mol. The zero-order valence-corrected chi connectivity index (χ0v) is 17.8. The number of hydrogen-bond donors (Lipinski definition) is 0. The van der Waals surface area contributed by atoms with Crippen molar-refractivity contribution in [1.82, 2.24) is 29.6 Å². The minimum absolute atomic E-state index is 0.170. The van der Waals surface area contributed by atoms with Crippen LogP contribution >= 0.6 is 11.6 Å². The lowest BCUT2D eigenvalue weighted by Crippen LogP contribution is -2.73. The van der Waals surface area contributed by atoms with Crippen molar-refractivity contribution >= 4 is 23.4 Å². The van der Waals surface area contributed by atoms with Crippen molar-refractivity contribution in [1.29, 1.82) is 0 Å². The number of anilines is 2. The van der Waals surface area contributed by atoms with Gasteiger partial charge in [-0.05, 0) is 37.7 Å². The first-order valence-electron chi connectivity index (χ1n) is 10.2. The van der Waals surface area contributed by atoms with Gasteiger partial charge in [-0.2, -0.15) is 0 Å². The fraction of sp³-hybridized carbons (Fsp3) is 0.429. The second-order valence-corrected chi connectivity index (χ2v) is 9.27. The molecule has 154 valence electrons. The normalized spacial score (nSPS) is 22.2. The van der Waals surface area contributed by atoms with E-state index in [9.17, 15) is 0 Å². The zero-order valence-electron chi connectivity index (χ0n) is 17.0. The molecule has 1 atom stereocenters. The lowest BCUT2D eigenvalue weighted by atomic mass is 9.73. The Morgan fingerprint density at radius 3 is 2.63 bits per heavy atom. The van der Waals surface area contributed by atoms with E-state index in [1.807, 2.05) is 12.3 Å². The standard InChI is InChI=1S/C21H23ClN8/c1-14-19-25-26-20(30(19)17-4-3-16(22)7-15(17)9-27(14)2)29-12-21(13-29)10-28(11-21)18-8-23-5-6-24-18/h3-8,14H,9-13H2,1-2H3. The zero-order chi connectivity index (χ0) is 20.5. The molecule has 0 aliphatic carbocycles. The van der Waals surface area contributed by atoms with Crippen molar-refractivity contribution in [2.45, 2.75) is 19.5 Å². The van der Waals surface area contributed by atoms with Crippen molar-refractivity contribution in [2.75, 3.05) is 43.0 Å². The van der Waals surface area contributed by atoms with E-state index in [0.717, 1.165) is 61.0 Å². The molecule has 0 radical (unpaired) electrons. The van der Waals surface area contributed by atoms with Crippen LogP contribution in [0.2, 0.25) is 5.02 Å². The quantitative estimate of drug-likeness (QED) is 0.628. The highest BCUT2D eigenvalue weighted by Crippen LogP contribution is 2.44. The number of rotatable bonds is 2. The van der Waals surface area contributed by atoms with Crippen LogP contribution < -0.4 is 9.80 Å². The second kappa shape index (κ2) is 6.39. The van der Waals surface area contributed by atoms with Gasteiger partial charge in [0.25, 0.3) is 0 Å². The predicted octanol–water partition coefficient (Wildman–Crippen LogP) is 2.54. The lowest BCUT2D eigenvalue weighted by molar-refractivity contribution is 0.153. The molecule has 2 saturated heterocycles. The van der Waals surface area contributed by atoms with E-state index in [-0.39, 0.29) is 6.04 Å². The van der Waals surface area contributed by atoms with Crippen LogP contribution in [0.4, 0.5) is 11.8 Å². The van der Waals surface area contributed by atoms with Gasteiger partial charge < -0.3 is 9.80 Å². The van der Waals surface area contributed by atoms with E-state index >= 15 is 0 Å². The molecule has 1 aromatic carbocycles. The average molecular weight is 423 g/mol. The van der Waals surface area contributed by atoms with Crippen molar-refractivity contribution in [3.8, 4) is 5.69 Å². The number of nitrogens with zero attached hydrogens (tertiary/aromatic N) is 8. The molecule has 0 bridgehead atoms. The number of hydrogen-bond acceptors (Lipinski definition) is 7. The molecule has 6 rings (SSSR count). The topological polar surface area (TPSA) is 66.2 Å². The van der Waals surface area contributed by atoms with E-state index in [0.29, 0.717) is 5.41 Å². The summed E-state index contributed by atoms with van der Waals surface area (Å²) in [6.45, 7) is 6.99. The average Bonchev–Trinajstić information content (AvgIpc) is 3.06. The van der Waals surface area contributed by atoms with Crippen molar-refractivity contribution in [2.24, 2.45) is 5.41 Å². The summed E-state index contributed by atoms with van der Waals surface area (Å²) in [5.74, 6) is 2.87. The van der Waals surface area contributed by atoms with Gasteiger partial charge in [0, 0.05) is 55.6 Å². The third-order valence-corrected chi connectivity index (χ3v) is 6.90. The van der Waals surface area contributed by atoms with E-state index in [4.69, 9.17) is 11.6 Å². The fourth-order valence-electron chi connectivity index (χ4n) is 4.98. The number of aromatic nitrogens is 5. The second-order valence-electron chi connectivity index (χ2n) is 8.83. The van der Waals surface area contributed by atoms with Crippen LogP contribution in [0.1, 0.15) is 24.4 Å². The summed E-state index contributed by atoms with van der Waals surface area (Å²) in [7, 11) is 2.12. The van der Waals surface area contributed by atoms with E-state index in [1.165, 1.54) is 5.56 Å². The van der Waals surface area contributed by atoms with Crippen LogP contribution in [0.25, 0.3) is 5.69 Å². The Bertz CT molecular complexity index is 1100. The Hall–Kier alpha value is -2.71. The fourth-order valence-corrected chi connectivity index (χ4v) is 5.18. The molecule has 1 spiro atoms. The molecule has 3 aliphatic rings. The summed E-state index contributed by atoms with van der Waals surface area (Å²) in [5, 5.41) is 9.97. The van der Waals surface area contributed by atoms with Gasteiger partial charge in [0.2, 0.25) is 5.95 Å². The van der Waals surface area contributed by atoms with E-state index in [2.05, 4.69) is 65.5 Å². The predicted molar refractivity (Wildman–Crippen MR) is 115 cm³/mol. The van der Waals surface area contributed by atoms with Gasteiger partial charge in [0.05, 0.1) is 17.9 Å². The Morgan fingerprint density at radius 1 is 1.07 bits per heavy atom. The Labute approximate surface area is 180 Å². The highest BCUT2D eigenvalue weighted by atomic mass is 35.5. The highest BCUT2D eigenvalue weighted by molar-refractivity contribution is 6.30. The Balaban J connectivity index is 1.28. The van der Waals surface area contributed by atoms with Crippen LogP contribution in [0.3, 0.4) is 0 Å². The molecule has 9 heteroatoms. The number of fused-ring (bicyclic) bond motifs is 3. The van der Waals surface area contributed by atoms with Crippen molar-refractivity contribution in [3.63, 3.8) is 0 Å². The largest absolute Gasteiger partial charge is 0.354 e. The molecule has 8 nitrogen and oxygen atoms in total. The molecule has 3 aliphatic heterocycles. The summed E-state index contributed by atoms with van der Waals surface area (Å²) < 4.78 is 2.23. The van der Waals surface area contributed by atoms with Gasteiger partial charge in [-0.1, -0.05) is 11.6 Å². The maximum absolute atomic E-state index is 6.30. The van der Waals surface area contributed by atoms with E-state index < -0.39 is 0 Å². The number of halogens is 1. The summed E-state index contributed by atoms with van der Waals surface area (Å²) in [5.41, 5.74) is 2.63. The molecule has 2 aromatic heterocycles. The lowest BCUT2D eigenvalue weighted by Gasteiger charge is -2.60. The van der Waals surface area contributed by atoms with Crippen LogP contribution in [0, 0.1) is 5.41 Å². The number of benzene rings is 1. The minimum Gasteiger partial charge on any atom is -0.354 e. The van der Waals surface area contributed by atoms with Crippen LogP contribution in [-0.2, 0) is 6.54 Å². The molecular weight excluding hydrogens is 400 g/mol. The molecule has 0 N–H and O–H groups in total. The summed E-state index contributed by atoms with van der Waals surface area (Å²) in [6.07, 6.45) is 5.30. The molecule has 0 amide bonds. The van der Waals surface area contributed by atoms with Gasteiger partial charge in [-0.25, -0.2) is 4.98 Å². The molecule has 2 fully saturated rings. The van der Waals surface area contributed by atoms with Gasteiger partial charge in [-0.3, -0.25) is 14.5 Å². The highest BCUT2D eigenvalue weighted by Gasteiger charge is 2.53. The Morgan fingerprint density at radius 2 is 1.87 bits per heavy atom. The summed E-state index contributed by atoms with van der Waals surface area (Å²) >= 11 is 6.30. The maximum atomic E-state index is 6.30. The first-order valence-corrected chi connectivity index (χ1v) is 10.6. The van der Waals surface area contributed by atoms with Gasteiger partial charge >= 0.3 is 0 Å². The van der Waals surface area contributed by atoms with Crippen molar-refractivity contribution in [3.05, 3.63) is 53.2 Å². The third kappa shape index (κ3) is 2.63. The smallest absolute Gasteiger partial charge is 0.232 e. The third-order valence-electron chi connectivity index (χ3n) is 6.67. The summed E-state index contributed by atoms with van der Waals surface area (Å²) in [6, 6.07) is 6.27. The maximum Gasteiger partial charge on any atom is 0.232 e. The van der Waals surface area contributed by atoms with Gasteiger partial charge in [0.1, 0.15) is 5.82 Å². The van der Waals surface area contributed by atoms with Crippen molar-refractivity contribution < 1.29 is 0 Å². The van der Waals surface area contributed by atoms with Crippen LogP contribution in [0.5, 0.6) is 0 Å². The van der Waals surface area contributed by atoms with Gasteiger partial charge in [0.15, 0.2) is 5.82 Å². The van der Waals surface area contributed by atoms with E-state index in [1.54, 1.807) is 12.4 Å². The molecule has 0 saturated carbocycles. The van der Waals surface area contributed by atoms with Crippen LogP contribution in [0.15, 0.2) is 36.8 Å². The first-order chi connectivity index (χ1) is 14.5. The molecule has 5 heterocycles. The Kier molecular flexibility index (Phi) is 3.85. The molecular formula is C21H23ClN8. The molecule has 30 heavy (non-hydrogen) atoms. The molecule has 3 aromatic rings. The van der Waals surface area contributed by atoms with Crippen LogP contribution in [-0.4, -0.2) is 62.9 Å². The summed E-state index contributed by atoms with van der Waals surface area (Å²) in [4.78, 5) is 15.5. The first kappa shape index (κ1) is 18.1. The minimum atomic E-state index is 0.170.